The molecule has 0 saturated heterocycles. The van der Waals surface area contributed by atoms with E-state index < -0.39 is 10.1 Å². The van der Waals surface area contributed by atoms with E-state index in [0.717, 1.165) is 6.42 Å². The predicted octanol–water partition coefficient (Wildman–Crippen LogP) is 4.82. The molecule has 3 aromatic carbocycles. The Morgan fingerprint density at radius 3 is 1.57 bits per heavy atom. The van der Waals surface area contributed by atoms with Crippen LogP contribution < -0.4 is 0 Å². The van der Waals surface area contributed by atoms with Crippen molar-refractivity contribution in [1.82, 2.24) is 0 Å². The summed E-state index contributed by atoms with van der Waals surface area (Å²) in [4.78, 5) is 3.77. The maximum atomic E-state index is 9.83. The zero-order valence-corrected chi connectivity index (χ0v) is 17.3. The van der Waals surface area contributed by atoms with Gasteiger partial charge in [-0.25, -0.2) is 8.42 Å². The molecule has 6 heteroatoms. The van der Waals surface area contributed by atoms with Gasteiger partial charge in [-0.1, -0.05) is 49.7 Å². The van der Waals surface area contributed by atoms with E-state index >= 15 is 0 Å². The van der Waals surface area contributed by atoms with E-state index in [1.54, 1.807) is 12.1 Å². The Morgan fingerprint density at radius 2 is 1.21 bits per heavy atom. The van der Waals surface area contributed by atoms with Crippen molar-refractivity contribution in [3.05, 3.63) is 84.9 Å². The Hall–Kier alpha value is -2.28. The van der Waals surface area contributed by atoms with Crippen LogP contribution in [0.1, 0.15) is 19.8 Å². The summed E-state index contributed by atoms with van der Waals surface area (Å²) in [6.45, 7) is 1.84. The molecule has 0 radical (unpaired) electrons. The van der Waals surface area contributed by atoms with Gasteiger partial charge >= 0.3 is 0 Å². The number of hydrogen-bond donors (Lipinski definition) is 1. The van der Waals surface area contributed by atoms with Crippen molar-refractivity contribution in [2.24, 2.45) is 0 Å². The number of phenols is 1. The third-order valence-corrected chi connectivity index (χ3v) is 6.80. The Morgan fingerprint density at radius 1 is 0.786 bits per heavy atom. The summed E-state index contributed by atoms with van der Waals surface area (Å²) < 4.78 is 29.5. The highest BCUT2D eigenvalue weighted by atomic mass is 32.2. The molecular weight excluding hydrogens is 392 g/mol. The Balaban J connectivity index is 0.000000300. The third kappa shape index (κ3) is 7.38. The molecular formula is C22H24O4S2. The summed E-state index contributed by atoms with van der Waals surface area (Å²) in [5, 5.41) is 9.48. The van der Waals surface area contributed by atoms with Gasteiger partial charge in [-0.3, -0.25) is 0 Å². The molecule has 148 valence electrons. The maximum Gasteiger partial charge on any atom is 0.166 e. The molecule has 0 bridgehead atoms. The van der Waals surface area contributed by atoms with E-state index in [1.807, 2.05) is 31.2 Å². The van der Waals surface area contributed by atoms with Gasteiger partial charge in [0.15, 0.2) is 14.7 Å². The lowest BCUT2D eigenvalue weighted by Gasteiger charge is -2.07. The number of benzene rings is 3. The monoisotopic (exact) mass is 416 g/mol. The van der Waals surface area contributed by atoms with Crippen LogP contribution in [0.2, 0.25) is 0 Å². The van der Waals surface area contributed by atoms with Gasteiger partial charge < -0.3 is 9.66 Å². The van der Waals surface area contributed by atoms with Crippen molar-refractivity contribution in [1.29, 1.82) is 0 Å². The van der Waals surface area contributed by atoms with Crippen molar-refractivity contribution in [2.75, 3.05) is 5.75 Å². The topological polar surface area (TPSA) is 77.4 Å². The van der Waals surface area contributed by atoms with E-state index in [4.69, 9.17) is 0 Å². The van der Waals surface area contributed by atoms with E-state index in [9.17, 15) is 18.1 Å². The van der Waals surface area contributed by atoms with Crippen molar-refractivity contribution in [3.63, 3.8) is 0 Å². The highest BCUT2D eigenvalue weighted by molar-refractivity contribution is 7.97. The van der Waals surface area contributed by atoms with Gasteiger partial charge in [0.1, 0.15) is 5.75 Å². The minimum Gasteiger partial charge on any atom is -0.748 e. The van der Waals surface area contributed by atoms with Gasteiger partial charge in [0.05, 0.1) is 21.0 Å². The van der Waals surface area contributed by atoms with Gasteiger partial charge in [-0.05, 0) is 55.0 Å². The maximum absolute atomic E-state index is 9.83. The molecule has 3 aromatic rings. The molecule has 0 saturated carbocycles. The van der Waals surface area contributed by atoms with Crippen molar-refractivity contribution >= 4 is 21.0 Å². The quantitative estimate of drug-likeness (QED) is 0.462. The van der Waals surface area contributed by atoms with Gasteiger partial charge in [-0.15, -0.1) is 0 Å². The predicted molar refractivity (Wildman–Crippen MR) is 113 cm³/mol. The van der Waals surface area contributed by atoms with Crippen LogP contribution in [0.5, 0.6) is 5.75 Å². The first kappa shape index (κ1) is 22.0. The number of aromatic hydroxyl groups is 1. The lowest BCUT2D eigenvalue weighted by atomic mass is 10.3. The van der Waals surface area contributed by atoms with E-state index in [2.05, 4.69) is 48.5 Å². The Kier molecular flexibility index (Phi) is 8.57. The van der Waals surface area contributed by atoms with Crippen LogP contribution in [0.15, 0.2) is 99.6 Å². The second kappa shape index (κ2) is 10.9. The van der Waals surface area contributed by atoms with Crippen molar-refractivity contribution < 1.29 is 18.1 Å². The number of rotatable bonds is 6. The summed E-state index contributed by atoms with van der Waals surface area (Å²) in [6.07, 6.45) is 1.23. The molecule has 1 N–H and O–H groups in total. The Bertz CT molecular complexity index is 886. The molecule has 0 aliphatic rings. The van der Waals surface area contributed by atoms with Crippen molar-refractivity contribution in [2.45, 2.75) is 34.5 Å². The molecule has 0 unspecified atom stereocenters. The highest BCUT2D eigenvalue weighted by Gasteiger charge is 2.27. The van der Waals surface area contributed by atoms with E-state index in [1.165, 1.54) is 14.7 Å². The Labute approximate surface area is 170 Å². The fourth-order valence-electron chi connectivity index (χ4n) is 2.42. The van der Waals surface area contributed by atoms with Gasteiger partial charge in [0.25, 0.3) is 0 Å². The van der Waals surface area contributed by atoms with Gasteiger partial charge in [0, 0.05) is 5.75 Å². The second-order valence-electron chi connectivity index (χ2n) is 6.04. The summed E-state index contributed by atoms with van der Waals surface area (Å²) >= 11 is 0. The second-order valence-corrected chi connectivity index (χ2v) is 9.59. The molecule has 0 amide bonds. The molecule has 3 rings (SSSR count). The van der Waals surface area contributed by atoms with Crippen LogP contribution in [0.3, 0.4) is 0 Å². The molecule has 0 spiro atoms. The molecule has 0 heterocycles. The minimum absolute atomic E-state index is 0.134. The lowest BCUT2D eigenvalue weighted by Crippen LogP contribution is -2.04. The van der Waals surface area contributed by atoms with Gasteiger partial charge in [0.2, 0.25) is 0 Å². The first-order valence-corrected chi connectivity index (χ1v) is 11.8. The van der Waals surface area contributed by atoms with E-state index in [-0.39, 0.29) is 16.6 Å². The number of unbranched alkanes of at least 4 members (excludes halogenated alkanes) is 1. The van der Waals surface area contributed by atoms with Crippen LogP contribution in [0.25, 0.3) is 0 Å². The average molecular weight is 417 g/mol. The van der Waals surface area contributed by atoms with Crippen LogP contribution >= 0.6 is 0 Å². The van der Waals surface area contributed by atoms with Crippen LogP contribution in [-0.2, 0) is 21.0 Å². The van der Waals surface area contributed by atoms with Crippen LogP contribution in [0, 0.1) is 0 Å². The van der Waals surface area contributed by atoms with Crippen LogP contribution in [-0.4, -0.2) is 23.8 Å². The fourth-order valence-corrected chi connectivity index (χ4v) is 5.15. The number of phenolic OH excluding ortho intramolecular Hbond substituents is 1. The van der Waals surface area contributed by atoms with E-state index in [0.29, 0.717) is 12.2 Å². The largest absolute Gasteiger partial charge is 0.748 e. The molecule has 0 atom stereocenters. The minimum atomic E-state index is -3.94. The smallest absolute Gasteiger partial charge is 0.166 e. The first-order valence-electron chi connectivity index (χ1n) is 8.97. The molecule has 0 aliphatic heterocycles. The zero-order valence-electron chi connectivity index (χ0n) is 15.7. The summed E-state index contributed by atoms with van der Waals surface area (Å²) in [5.41, 5.74) is 0. The van der Waals surface area contributed by atoms with Crippen LogP contribution in [0.4, 0.5) is 0 Å². The molecule has 0 fully saturated rings. The molecule has 0 aliphatic carbocycles. The molecule has 0 aromatic heterocycles. The summed E-state index contributed by atoms with van der Waals surface area (Å²) in [6, 6.07) is 28.5. The normalized spacial score (nSPS) is 11.0. The lowest BCUT2D eigenvalue weighted by molar-refractivity contribution is 0.461. The number of hydrogen-bond acceptors (Lipinski definition) is 4. The standard InChI is InChI=1S/C18H14OS.C4H10O3S/c19-15-11-13-18(14-12-15)20(16-7-3-1-4-8-16)17-9-5-2-6-10-17;1-2-3-4-8(5,6)7/h1-14H;2-4H2,1H3,(H,5,6,7). The highest BCUT2D eigenvalue weighted by Crippen LogP contribution is 2.31. The first-order chi connectivity index (χ1) is 13.4. The zero-order chi connectivity index (χ0) is 20.4. The molecule has 28 heavy (non-hydrogen) atoms. The summed E-state index contributed by atoms with van der Waals surface area (Å²) in [7, 11) is -4.07. The van der Waals surface area contributed by atoms with Crippen molar-refractivity contribution in [3.8, 4) is 5.75 Å². The molecule has 4 nitrogen and oxygen atoms in total. The van der Waals surface area contributed by atoms with Gasteiger partial charge in [-0.2, -0.15) is 0 Å². The average Bonchev–Trinajstić information content (AvgIpc) is 2.70. The fraction of sp³-hybridized carbons (Fsp3) is 0.182. The third-order valence-electron chi connectivity index (χ3n) is 3.78. The summed E-state index contributed by atoms with van der Waals surface area (Å²) in [5.74, 6) is 0.0853. The SMILES string of the molecule is CCCCS(=O)(=O)[O-].Oc1ccc([S+](c2ccccc2)c2ccccc2)cc1.